The molecule has 0 atom stereocenters. The number of benzene rings is 1. The summed E-state index contributed by atoms with van der Waals surface area (Å²) in [6.45, 7) is 1.85. The lowest BCUT2D eigenvalue weighted by Gasteiger charge is -2.04. The smallest absolute Gasteiger partial charge is 0.258 e. The zero-order valence-corrected chi connectivity index (χ0v) is 10.1. The highest BCUT2D eigenvalue weighted by Crippen LogP contribution is 2.30. The Balaban J connectivity index is 3.31. The molecule has 0 saturated carbocycles. The predicted octanol–water partition coefficient (Wildman–Crippen LogP) is 3.56. The Hall–Kier alpha value is -0.420. The summed E-state index contributed by atoms with van der Waals surface area (Å²) in [7, 11) is 0. The van der Waals surface area contributed by atoms with Gasteiger partial charge in [-0.2, -0.15) is 0 Å². The molecule has 1 aromatic rings. The van der Waals surface area contributed by atoms with Gasteiger partial charge in [0.2, 0.25) is 0 Å². The van der Waals surface area contributed by atoms with E-state index in [1.54, 1.807) is 6.07 Å². The molecule has 0 heterocycles. The zero-order valence-electron chi connectivity index (χ0n) is 6.88. The lowest BCUT2D eigenvalue weighted by Crippen LogP contribution is -1.93. The molecule has 1 rings (SSSR count). The summed E-state index contributed by atoms with van der Waals surface area (Å²) >= 11 is 6.52. The van der Waals surface area contributed by atoms with Crippen molar-refractivity contribution in [3.05, 3.63) is 37.8 Å². The maximum Gasteiger partial charge on any atom is 0.283 e. The summed E-state index contributed by atoms with van der Waals surface area (Å²) in [6, 6.07) is 3.26. The fourth-order valence-electron chi connectivity index (χ4n) is 0.997. The highest BCUT2D eigenvalue weighted by atomic mass is 79.9. The van der Waals surface area contributed by atoms with Crippen LogP contribution in [0.5, 0.6) is 0 Å². The molecule has 3 nitrogen and oxygen atoms in total. The van der Waals surface area contributed by atoms with E-state index in [2.05, 4.69) is 31.9 Å². The van der Waals surface area contributed by atoms with Crippen LogP contribution in [0.2, 0.25) is 0 Å². The topological polar surface area (TPSA) is 43.1 Å². The van der Waals surface area contributed by atoms with Gasteiger partial charge in [0, 0.05) is 11.4 Å². The van der Waals surface area contributed by atoms with Crippen molar-refractivity contribution < 1.29 is 4.92 Å². The molecule has 0 aromatic heterocycles. The van der Waals surface area contributed by atoms with E-state index in [1.807, 2.05) is 6.92 Å². The number of nitro benzene ring substituents is 1. The lowest BCUT2D eigenvalue weighted by atomic mass is 10.1. The normalized spacial score (nSPS) is 10.1. The minimum Gasteiger partial charge on any atom is -0.258 e. The Morgan fingerprint density at radius 3 is 2.62 bits per heavy atom. The molecular formula is C8H7Br2NO2. The number of halogens is 2. The first kappa shape index (κ1) is 10.7. The first-order valence-corrected chi connectivity index (χ1v) is 5.47. The molecule has 13 heavy (non-hydrogen) atoms. The quantitative estimate of drug-likeness (QED) is 0.476. The minimum atomic E-state index is -0.394. The van der Waals surface area contributed by atoms with Crippen LogP contribution in [0.15, 0.2) is 16.6 Å². The third kappa shape index (κ3) is 2.08. The molecule has 0 amide bonds. The van der Waals surface area contributed by atoms with E-state index in [4.69, 9.17) is 0 Å². The highest BCUT2D eigenvalue weighted by molar-refractivity contribution is 9.10. The van der Waals surface area contributed by atoms with E-state index >= 15 is 0 Å². The minimum absolute atomic E-state index is 0.113. The summed E-state index contributed by atoms with van der Waals surface area (Å²) in [4.78, 5) is 10.1. The van der Waals surface area contributed by atoms with E-state index in [1.165, 1.54) is 6.07 Å². The van der Waals surface area contributed by atoms with Crippen molar-refractivity contribution in [3.63, 3.8) is 0 Å². The molecule has 0 aliphatic heterocycles. The van der Waals surface area contributed by atoms with Gasteiger partial charge in [0.05, 0.1) is 9.40 Å². The Bertz CT molecular complexity index is 352. The van der Waals surface area contributed by atoms with E-state index in [0.717, 1.165) is 11.1 Å². The van der Waals surface area contributed by atoms with Crippen LogP contribution in [0.25, 0.3) is 0 Å². The molecule has 0 N–H and O–H groups in total. The fraction of sp³-hybridized carbons (Fsp3) is 0.250. The van der Waals surface area contributed by atoms with Crippen LogP contribution in [-0.2, 0) is 5.33 Å². The molecule has 0 unspecified atom stereocenters. The number of rotatable bonds is 2. The van der Waals surface area contributed by atoms with Crippen LogP contribution < -0.4 is 0 Å². The van der Waals surface area contributed by atoms with Gasteiger partial charge < -0.3 is 0 Å². The summed E-state index contributed by atoms with van der Waals surface area (Å²) < 4.78 is 0.564. The Morgan fingerprint density at radius 1 is 1.54 bits per heavy atom. The van der Waals surface area contributed by atoms with Crippen LogP contribution in [0.3, 0.4) is 0 Å². The SMILES string of the molecule is Cc1c(CBr)ccc([N+](=O)[O-])c1Br. The van der Waals surface area contributed by atoms with Crippen LogP contribution in [0.1, 0.15) is 11.1 Å². The maximum absolute atomic E-state index is 10.5. The maximum atomic E-state index is 10.5. The largest absolute Gasteiger partial charge is 0.283 e. The van der Waals surface area contributed by atoms with E-state index in [0.29, 0.717) is 9.80 Å². The van der Waals surface area contributed by atoms with Crippen LogP contribution in [-0.4, -0.2) is 4.92 Å². The van der Waals surface area contributed by atoms with Crippen LogP contribution in [0, 0.1) is 17.0 Å². The fourth-order valence-corrected chi connectivity index (χ4v) is 2.14. The van der Waals surface area contributed by atoms with Gasteiger partial charge in [-0.25, -0.2) is 0 Å². The van der Waals surface area contributed by atoms with Crippen molar-refractivity contribution in [1.29, 1.82) is 0 Å². The van der Waals surface area contributed by atoms with Crippen molar-refractivity contribution in [2.24, 2.45) is 0 Å². The summed E-state index contributed by atoms with van der Waals surface area (Å²) in [5.41, 5.74) is 2.07. The van der Waals surface area contributed by atoms with Gasteiger partial charge in [0.1, 0.15) is 0 Å². The Labute approximate surface area is 92.5 Å². The Kier molecular flexibility index (Phi) is 3.44. The van der Waals surface area contributed by atoms with Gasteiger partial charge in [0.15, 0.2) is 0 Å². The van der Waals surface area contributed by atoms with Crippen molar-refractivity contribution in [3.8, 4) is 0 Å². The molecule has 0 aliphatic rings. The standard InChI is InChI=1S/C8H7Br2NO2/c1-5-6(4-9)2-3-7(8(5)10)11(12)13/h2-3H,4H2,1H3. The molecule has 1 aromatic carbocycles. The number of nitrogens with zero attached hydrogens (tertiary/aromatic N) is 1. The molecule has 0 spiro atoms. The number of nitro groups is 1. The second-order valence-electron chi connectivity index (χ2n) is 2.57. The van der Waals surface area contributed by atoms with Crippen molar-refractivity contribution >= 4 is 37.5 Å². The van der Waals surface area contributed by atoms with Crippen LogP contribution >= 0.6 is 31.9 Å². The first-order valence-electron chi connectivity index (χ1n) is 3.56. The molecule has 70 valence electrons. The number of hydrogen-bond donors (Lipinski definition) is 0. The second-order valence-corrected chi connectivity index (χ2v) is 3.93. The molecule has 5 heteroatoms. The molecule has 0 fully saturated rings. The van der Waals surface area contributed by atoms with Gasteiger partial charge in [0.25, 0.3) is 5.69 Å². The van der Waals surface area contributed by atoms with Crippen molar-refractivity contribution in [1.82, 2.24) is 0 Å². The molecular weight excluding hydrogens is 302 g/mol. The van der Waals surface area contributed by atoms with E-state index in [-0.39, 0.29) is 5.69 Å². The van der Waals surface area contributed by atoms with Crippen LogP contribution in [0.4, 0.5) is 5.69 Å². The average Bonchev–Trinajstić information content (AvgIpc) is 2.09. The third-order valence-electron chi connectivity index (χ3n) is 1.82. The zero-order chi connectivity index (χ0) is 10.0. The molecule has 0 saturated heterocycles. The third-order valence-corrected chi connectivity index (χ3v) is 3.42. The number of alkyl halides is 1. The number of hydrogen-bond acceptors (Lipinski definition) is 2. The van der Waals surface area contributed by atoms with Crippen molar-refractivity contribution in [2.45, 2.75) is 12.3 Å². The van der Waals surface area contributed by atoms with Gasteiger partial charge in [-0.15, -0.1) is 0 Å². The van der Waals surface area contributed by atoms with Gasteiger partial charge in [-0.05, 0) is 34.0 Å². The second kappa shape index (κ2) is 4.19. The van der Waals surface area contributed by atoms with Gasteiger partial charge in [-0.1, -0.05) is 22.0 Å². The summed E-state index contributed by atoms with van der Waals surface area (Å²) in [5, 5.41) is 11.2. The van der Waals surface area contributed by atoms with E-state index < -0.39 is 4.92 Å². The van der Waals surface area contributed by atoms with Gasteiger partial charge in [-0.3, -0.25) is 10.1 Å². The average molecular weight is 309 g/mol. The summed E-state index contributed by atoms with van der Waals surface area (Å²) in [6.07, 6.45) is 0. The van der Waals surface area contributed by atoms with E-state index in [9.17, 15) is 10.1 Å². The predicted molar refractivity (Wildman–Crippen MR) is 58.2 cm³/mol. The van der Waals surface area contributed by atoms with Crippen molar-refractivity contribution in [2.75, 3.05) is 0 Å². The lowest BCUT2D eigenvalue weighted by molar-refractivity contribution is -0.385. The molecule has 0 aliphatic carbocycles. The summed E-state index contributed by atoms with van der Waals surface area (Å²) in [5.74, 6) is 0. The highest BCUT2D eigenvalue weighted by Gasteiger charge is 2.15. The van der Waals surface area contributed by atoms with Gasteiger partial charge >= 0.3 is 0 Å². The molecule has 0 bridgehead atoms. The molecule has 0 radical (unpaired) electrons. The monoisotopic (exact) mass is 307 g/mol. The first-order chi connectivity index (χ1) is 6.07. The Morgan fingerprint density at radius 2 is 2.15 bits per heavy atom.